The second-order valence-corrected chi connectivity index (χ2v) is 9.07. The van der Waals surface area contributed by atoms with E-state index < -0.39 is 5.97 Å². The molecule has 32 heavy (non-hydrogen) atoms. The van der Waals surface area contributed by atoms with Crippen LogP contribution in [0.1, 0.15) is 56.6 Å². The Balaban J connectivity index is 1.74. The summed E-state index contributed by atoms with van der Waals surface area (Å²) in [5.74, 6) is 0.392. The second kappa shape index (κ2) is 11.7. The number of carboxylic acid groups (broad SMARTS) is 1. The predicted molar refractivity (Wildman–Crippen MR) is 119 cm³/mol. The van der Waals surface area contributed by atoms with E-state index in [1.807, 2.05) is 19.1 Å². The van der Waals surface area contributed by atoms with Crippen LogP contribution in [0.5, 0.6) is 5.75 Å². The third kappa shape index (κ3) is 6.23. The first-order valence-electron chi connectivity index (χ1n) is 11.7. The number of esters is 1. The van der Waals surface area contributed by atoms with Crippen LogP contribution in [-0.4, -0.2) is 54.7 Å². The van der Waals surface area contributed by atoms with Gasteiger partial charge in [0.25, 0.3) is 0 Å². The van der Waals surface area contributed by atoms with Gasteiger partial charge in [0.05, 0.1) is 6.10 Å². The molecule has 0 unspecified atom stereocenters. The van der Waals surface area contributed by atoms with Gasteiger partial charge in [-0.25, -0.2) is 4.79 Å². The number of aliphatic hydroxyl groups is 1. The first-order valence-corrected chi connectivity index (χ1v) is 11.7. The van der Waals surface area contributed by atoms with Gasteiger partial charge in [0.2, 0.25) is 0 Å². The highest BCUT2D eigenvalue weighted by atomic mass is 16.5. The predicted octanol–water partition coefficient (Wildman–Crippen LogP) is 3.39. The number of aliphatic carboxylic acids is 1. The number of benzene rings is 1. The molecule has 0 spiro atoms. The minimum absolute atomic E-state index is 0.151. The number of carboxylic acids is 1. The van der Waals surface area contributed by atoms with Gasteiger partial charge in [-0.3, -0.25) is 4.79 Å². The third-order valence-corrected chi connectivity index (χ3v) is 6.99. The zero-order valence-corrected chi connectivity index (χ0v) is 19.1. The number of carbonyl (C=O) groups excluding carboxylic acids is 1. The van der Waals surface area contributed by atoms with Crippen LogP contribution in [0.3, 0.4) is 0 Å². The van der Waals surface area contributed by atoms with E-state index in [1.165, 1.54) is 5.56 Å². The first kappa shape index (κ1) is 24.5. The Morgan fingerprint density at radius 2 is 2.06 bits per heavy atom. The van der Waals surface area contributed by atoms with Gasteiger partial charge < -0.3 is 24.4 Å². The van der Waals surface area contributed by atoms with Gasteiger partial charge in [-0.15, -0.1) is 0 Å². The number of hydrogen-bond donors (Lipinski definition) is 2. The Hall–Kier alpha value is -2.12. The lowest BCUT2D eigenvalue weighted by atomic mass is 9.73. The molecule has 0 aliphatic heterocycles. The number of aliphatic hydroxyl groups excluding tert-OH is 1. The molecule has 1 saturated carbocycles. The summed E-state index contributed by atoms with van der Waals surface area (Å²) >= 11 is 0. The molecule has 1 aromatic rings. The summed E-state index contributed by atoms with van der Waals surface area (Å²) in [4.78, 5) is 23.4. The molecule has 2 N–H and O–H groups in total. The van der Waals surface area contributed by atoms with Gasteiger partial charge in [0.1, 0.15) is 11.9 Å². The Kier molecular flexibility index (Phi) is 8.93. The molecule has 1 aromatic carbocycles. The minimum Gasteiger partial charge on any atom is -0.482 e. The highest BCUT2D eigenvalue weighted by molar-refractivity contribution is 5.69. The molecule has 7 heteroatoms. The molecule has 0 aromatic heterocycles. The van der Waals surface area contributed by atoms with Crippen LogP contribution < -0.4 is 4.74 Å². The summed E-state index contributed by atoms with van der Waals surface area (Å²) in [5, 5.41) is 19.1. The molecule has 2 aliphatic rings. The maximum absolute atomic E-state index is 12.4. The molecular weight excluding hydrogens is 412 g/mol. The molecule has 2 aliphatic carbocycles. The van der Waals surface area contributed by atoms with Crippen molar-refractivity contribution < 1.29 is 34.0 Å². The number of methoxy groups -OCH3 is 1. The van der Waals surface area contributed by atoms with Crippen LogP contribution >= 0.6 is 0 Å². The molecule has 178 valence electrons. The number of fused-ring (bicyclic) bond motifs is 2. The van der Waals surface area contributed by atoms with E-state index >= 15 is 0 Å². The van der Waals surface area contributed by atoms with Crippen LogP contribution in [0.15, 0.2) is 18.2 Å². The van der Waals surface area contributed by atoms with Crippen molar-refractivity contribution in [2.24, 2.45) is 17.8 Å². The smallest absolute Gasteiger partial charge is 0.341 e. The van der Waals surface area contributed by atoms with Gasteiger partial charge in [-0.2, -0.15) is 0 Å². The van der Waals surface area contributed by atoms with Crippen LogP contribution in [0.4, 0.5) is 0 Å². The van der Waals surface area contributed by atoms with E-state index in [-0.39, 0.29) is 30.7 Å². The molecule has 0 bridgehead atoms. The molecule has 0 heterocycles. The number of rotatable bonds is 12. The highest BCUT2D eigenvalue weighted by Crippen LogP contribution is 2.49. The fourth-order valence-corrected chi connectivity index (χ4v) is 5.36. The van der Waals surface area contributed by atoms with E-state index in [1.54, 1.807) is 7.11 Å². The summed E-state index contributed by atoms with van der Waals surface area (Å²) in [6.45, 7) is 2.15. The van der Waals surface area contributed by atoms with Gasteiger partial charge in [-0.1, -0.05) is 19.1 Å². The Morgan fingerprint density at radius 3 is 2.78 bits per heavy atom. The zero-order valence-electron chi connectivity index (χ0n) is 19.1. The summed E-state index contributed by atoms with van der Waals surface area (Å²) in [6.07, 6.45) is 5.19. The third-order valence-electron chi connectivity index (χ3n) is 6.99. The minimum atomic E-state index is -0.993. The molecule has 5 atom stereocenters. The summed E-state index contributed by atoms with van der Waals surface area (Å²) in [5.41, 5.74) is 2.26. The standard InChI is InChI=1S/C25H36O7/c1-3-18(26)9-10-19-20-12-16-6-4-7-22(31-15-24(27)28)21(16)13-17(20)14-23(19)32-25(29)8-5-11-30-2/h4,6-7,17-20,23,26H,3,5,8-15H2,1-2H3,(H,27,28)/t17-,18-,19+,20-,23+/m0/s1. The fourth-order valence-electron chi connectivity index (χ4n) is 5.36. The molecule has 0 amide bonds. The van der Waals surface area contributed by atoms with Crippen LogP contribution in [0.2, 0.25) is 0 Å². The summed E-state index contributed by atoms with van der Waals surface area (Å²) in [6, 6.07) is 5.83. The van der Waals surface area contributed by atoms with Gasteiger partial charge in [0, 0.05) is 20.1 Å². The van der Waals surface area contributed by atoms with Gasteiger partial charge >= 0.3 is 11.9 Å². The van der Waals surface area contributed by atoms with Crippen LogP contribution in [-0.2, 0) is 31.9 Å². The van der Waals surface area contributed by atoms with E-state index in [0.717, 1.165) is 37.7 Å². The van der Waals surface area contributed by atoms with Crippen molar-refractivity contribution in [3.63, 3.8) is 0 Å². The Morgan fingerprint density at radius 1 is 1.25 bits per heavy atom. The molecule has 0 radical (unpaired) electrons. The van der Waals surface area contributed by atoms with Crippen LogP contribution in [0.25, 0.3) is 0 Å². The van der Waals surface area contributed by atoms with Crippen molar-refractivity contribution in [1.29, 1.82) is 0 Å². The van der Waals surface area contributed by atoms with Gasteiger partial charge in [-0.05, 0) is 79.9 Å². The Bertz CT molecular complexity index is 778. The lowest BCUT2D eigenvalue weighted by Crippen LogP contribution is -2.29. The monoisotopic (exact) mass is 448 g/mol. The van der Waals surface area contributed by atoms with Gasteiger partial charge in [0.15, 0.2) is 6.61 Å². The average molecular weight is 449 g/mol. The van der Waals surface area contributed by atoms with Crippen LogP contribution in [0, 0.1) is 17.8 Å². The summed E-state index contributed by atoms with van der Waals surface area (Å²) in [7, 11) is 1.62. The number of carbonyl (C=O) groups is 2. The van der Waals surface area contributed by atoms with E-state index in [2.05, 4.69) is 6.07 Å². The maximum atomic E-state index is 12.4. The second-order valence-electron chi connectivity index (χ2n) is 9.07. The van der Waals surface area contributed by atoms with Crippen molar-refractivity contribution in [1.82, 2.24) is 0 Å². The highest BCUT2D eigenvalue weighted by Gasteiger charge is 2.47. The molecule has 0 saturated heterocycles. The quantitative estimate of drug-likeness (QED) is 0.373. The Labute approximate surface area is 190 Å². The van der Waals surface area contributed by atoms with Crippen molar-refractivity contribution in [3.8, 4) is 5.75 Å². The lowest BCUT2D eigenvalue weighted by Gasteiger charge is -2.32. The lowest BCUT2D eigenvalue weighted by molar-refractivity contribution is -0.151. The van der Waals surface area contributed by atoms with E-state index in [4.69, 9.17) is 19.3 Å². The summed E-state index contributed by atoms with van der Waals surface area (Å²) < 4.78 is 16.5. The molecule has 1 fully saturated rings. The van der Waals surface area contributed by atoms with Crippen molar-refractivity contribution in [2.75, 3.05) is 20.3 Å². The topological polar surface area (TPSA) is 102 Å². The zero-order chi connectivity index (χ0) is 23.1. The molecule has 7 nitrogen and oxygen atoms in total. The van der Waals surface area contributed by atoms with Crippen molar-refractivity contribution >= 4 is 11.9 Å². The first-order chi connectivity index (χ1) is 15.4. The number of hydrogen-bond acceptors (Lipinski definition) is 6. The van der Waals surface area contributed by atoms with Crippen molar-refractivity contribution in [2.45, 2.75) is 70.5 Å². The largest absolute Gasteiger partial charge is 0.482 e. The molecular formula is C25H36O7. The molecule has 3 rings (SSSR count). The normalized spacial score (nSPS) is 25.0. The van der Waals surface area contributed by atoms with Crippen molar-refractivity contribution in [3.05, 3.63) is 29.3 Å². The maximum Gasteiger partial charge on any atom is 0.341 e. The average Bonchev–Trinajstić information content (AvgIpc) is 3.10. The van der Waals surface area contributed by atoms with E-state index in [0.29, 0.717) is 43.5 Å². The fraction of sp³-hybridized carbons (Fsp3) is 0.680. The number of ether oxygens (including phenoxy) is 3. The van der Waals surface area contributed by atoms with E-state index in [9.17, 15) is 14.7 Å². The SMILES string of the molecule is CC[C@H](O)CC[C@@H]1[C@H]2Cc3cccc(OCC(=O)O)c3C[C@H]2C[C@H]1OC(=O)CCCOC.